The van der Waals surface area contributed by atoms with Gasteiger partial charge in [0.15, 0.2) is 0 Å². The molecule has 0 saturated carbocycles. The maximum atomic E-state index is 5.72. The van der Waals surface area contributed by atoms with Crippen molar-refractivity contribution in [3.05, 3.63) is 29.3 Å². The van der Waals surface area contributed by atoms with Crippen molar-refractivity contribution in [2.24, 2.45) is 5.73 Å². The van der Waals surface area contributed by atoms with Gasteiger partial charge in [-0.1, -0.05) is 11.6 Å². The van der Waals surface area contributed by atoms with Crippen LogP contribution in [0.2, 0.25) is 5.02 Å². The van der Waals surface area contributed by atoms with E-state index in [2.05, 4.69) is 0 Å². The summed E-state index contributed by atoms with van der Waals surface area (Å²) < 4.78 is 10.5. The molecule has 2 N–H and O–H groups in total. The lowest BCUT2D eigenvalue weighted by Crippen LogP contribution is -2.13. The predicted octanol–water partition coefficient (Wildman–Crippen LogP) is 2.27. The largest absolute Gasteiger partial charge is 0.491 e. The molecule has 0 spiro atoms. The number of ether oxygens (including phenoxy) is 2. The summed E-state index contributed by atoms with van der Waals surface area (Å²) in [5, 5.41) is 0.705. The van der Waals surface area contributed by atoms with Crippen LogP contribution in [0, 0.1) is 0 Å². The van der Waals surface area contributed by atoms with Crippen LogP contribution >= 0.6 is 28.6 Å². The van der Waals surface area contributed by atoms with Gasteiger partial charge in [0.25, 0.3) is 0 Å². The van der Waals surface area contributed by atoms with Crippen LogP contribution in [0.25, 0.3) is 0 Å². The zero-order valence-corrected chi connectivity index (χ0v) is 10.8. The minimum absolute atomic E-state index is 0. The van der Waals surface area contributed by atoms with Crippen molar-refractivity contribution in [2.75, 3.05) is 26.4 Å². The second-order valence-corrected chi connectivity index (χ2v) is 3.14. The molecule has 0 heterocycles. The van der Waals surface area contributed by atoms with Gasteiger partial charge in [0.05, 0.1) is 13.2 Å². The van der Waals surface area contributed by atoms with Crippen molar-refractivity contribution in [3.8, 4) is 5.75 Å². The summed E-state index contributed by atoms with van der Waals surface area (Å²) in [6.45, 7) is 2.20. The highest BCUT2D eigenvalue weighted by molar-refractivity contribution is 8.93. The first kappa shape index (κ1) is 14.7. The van der Waals surface area contributed by atoms with Crippen LogP contribution in [-0.4, -0.2) is 26.4 Å². The molecule has 5 heteroatoms. The average molecular weight is 297 g/mol. The van der Waals surface area contributed by atoms with Crippen LogP contribution in [0.4, 0.5) is 0 Å². The Balaban J connectivity index is 0.00000196. The molecule has 0 aliphatic carbocycles. The Labute approximate surface area is 105 Å². The maximum absolute atomic E-state index is 5.72. The second kappa shape index (κ2) is 8.97. The van der Waals surface area contributed by atoms with E-state index in [1.165, 1.54) is 0 Å². The van der Waals surface area contributed by atoms with Gasteiger partial charge in [0, 0.05) is 11.6 Å². The molecular weight excluding hydrogens is 281 g/mol. The zero-order valence-electron chi connectivity index (χ0n) is 8.32. The molecule has 0 aromatic heterocycles. The van der Waals surface area contributed by atoms with Gasteiger partial charge in [-0.25, -0.2) is 0 Å². The fourth-order valence-electron chi connectivity index (χ4n) is 0.935. The standard InChI is InChI=1S/C10H14ClNO2.BrH/c11-9-1-3-10(4-2-9)14-8-7-13-6-5-12;/h1-4H,5-8,12H2;1H. The zero-order chi connectivity index (χ0) is 10.2. The van der Waals surface area contributed by atoms with Crippen molar-refractivity contribution in [3.63, 3.8) is 0 Å². The summed E-state index contributed by atoms with van der Waals surface area (Å²) in [4.78, 5) is 0. The average Bonchev–Trinajstić information content (AvgIpc) is 2.21. The Morgan fingerprint density at radius 2 is 1.73 bits per heavy atom. The lowest BCUT2D eigenvalue weighted by Gasteiger charge is -2.06. The number of halogens is 2. The Kier molecular flexibility index (Phi) is 8.80. The molecule has 3 nitrogen and oxygen atoms in total. The second-order valence-electron chi connectivity index (χ2n) is 2.70. The Morgan fingerprint density at radius 1 is 1.07 bits per heavy atom. The molecule has 1 aromatic carbocycles. The van der Waals surface area contributed by atoms with E-state index >= 15 is 0 Å². The fraction of sp³-hybridized carbons (Fsp3) is 0.400. The molecule has 15 heavy (non-hydrogen) atoms. The van der Waals surface area contributed by atoms with E-state index in [0.717, 1.165) is 5.75 Å². The number of benzene rings is 1. The van der Waals surface area contributed by atoms with Crippen LogP contribution in [-0.2, 0) is 4.74 Å². The number of hydrogen-bond donors (Lipinski definition) is 1. The summed E-state index contributed by atoms with van der Waals surface area (Å²) in [5.41, 5.74) is 5.26. The van der Waals surface area contributed by atoms with Crippen LogP contribution in [0.1, 0.15) is 0 Å². The van der Waals surface area contributed by atoms with E-state index in [0.29, 0.717) is 31.4 Å². The lowest BCUT2D eigenvalue weighted by atomic mass is 10.3. The van der Waals surface area contributed by atoms with E-state index in [4.69, 9.17) is 26.8 Å². The Hall–Kier alpha value is -0.290. The van der Waals surface area contributed by atoms with Gasteiger partial charge < -0.3 is 15.2 Å². The normalized spacial score (nSPS) is 9.47. The van der Waals surface area contributed by atoms with E-state index < -0.39 is 0 Å². The van der Waals surface area contributed by atoms with Crippen molar-refractivity contribution < 1.29 is 9.47 Å². The summed E-state index contributed by atoms with van der Waals surface area (Å²) >= 11 is 5.72. The SMILES string of the molecule is Br.NCCOCCOc1ccc(Cl)cc1. The van der Waals surface area contributed by atoms with Gasteiger partial charge in [-0.15, -0.1) is 17.0 Å². The highest BCUT2D eigenvalue weighted by atomic mass is 79.9. The minimum atomic E-state index is 0. The van der Waals surface area contributed by atoms with E-state index in [1.54, 1.807) is 12.1 Å². The van der Waals surface area contributed by atoms with Crippen molar-refractivity contribution >= 4 is 28.6 Å². The highest BCUT2D eigenvalue weighted by Gasteiger charge is 1.93. The lowest BCUT2D eigenvalue weighted by molar-refractivity contribution is 0.106. The molecular formula is C10H15BrClNO2. The van der Waals surface area contributed by atoms with Crippen LogP contribution in [0.15, 0.2) is 24.3 Å². The summed E-state index contributed by atoms with van der Waals surface area (Å²) in [7, 11) is 0. The molecule has 0 radical (unpaired) electrons. The van der Waals surface area contributed by atoms with Gasteiger partial charge in [-0.3, -0.25) is 0 Å². The molecule has 0 fully saturated rings. The van der Waals surface area contributed by atoms with E-state index in [1.807, 2.05) is 12.1 Å². The van der Waals surface area contributed by atoms with Crippen molar-refractivity contribution in [1.82, 2.24) is 0 Å². The first-order valence-electron chi connectivity index (χ1n) is 4.49. The third-order valence-corrected chi connectivity index (χ3v) is 1.82. The summed E-state index contributed by atoms with van der Waals surface area (Å²) in [5.74, 6) is 0.797. The van der Waals surface area contributed by atoms with E-state index in [9.17, 15) is 0 Å². The smallest absolute Gasteiger partial charge is 0.119 e. The molecule has 1 aromatic rings. The van der Waals surface area contributed by atoms with Gasteiger partial charge >= 0.3 is 0 Å². The quantitative estimate of drug-likeness (QED) is 0.819. The molecule has 0 unspecified atom stereocenters. The van der Waals surface area contributed by atoms with Crippen LogP contribution < -0.4 is 10.5 Å². The van der Waals surface area contributed by atoms with Gasteiger partial charge in [-0.05, 0) is 24.3 Å². The first-order chi connectivity index (χ1) is 6.83. The molecule has 1 rings (SSSR count). The third-order valence-electron chi connectivity index (χ3n) is 1.57. The third kappa shape index (κ3) is 6.73. The summed E-state index contributed by atoms with van der Waals surface area (Å²) in [6, 6.07) is 7.23. The molecule has 0 atom stereocenters. The Morgan fingerprint density at radius 3 is 2.33 bits per heavy atom. The highest BCUT2D eigenvalue weighted by Crippen LogP contribution is 2.15. The Bertz CT molecular complexity index is 256. The van der Waals surface area contributed by atoms with Gasteiger partial charge in [-0.2, -0.15) is 0 Å². The number of nitrogens with two attached hydrogens (primary N) is 1. The van der Waals surface area contributed by atoms with Crippen LogP contribution in [0.3, 0.4) is 0 Å². The molecule has 86 valence electrons. The fourth-order valence-corrected chi connectivity index (χ4v) is 1.06. The predicted molar refractivity (Wildman–Crippen MR) is 67.1 cm³/mol. The van der Waals surface area contributed by atoms with Crippen molar-refractivity contribution in [1.29, 1.82) is 0 Å². The van der Waals surface area contributed by atoms with Crippen molar-refractivity contribution in [2.45, 2.75) is 0 Å². The number of rotatable bonds is 6. The van der Waals surface area contributed by atoms with Gasteiger partial charge in [0.1, 0.15) is 12.4 Å². The first-order valence-corrected chi connectivity index (χ1v) is 4.87. The molecule has 0 amide bonds. The topological polar surface area (TPSA) is 44.5 Å². The van der Waals surface area contributed by atoms with Crippen LogP contribution in [0.5, 0.6) is 5.75 Å². The number of hydrogen-bond acceptors (Lipinski definition) is 3. The molecule has 0 saturated heterocycles. The molecule has 0 aliphatic heterocycles. The van der Waals surface area contributed by atoms with E-state index in [-0.39, 0.29) is 17.0 Å². The maximum Gasteiger partial charge on any atom is 0.119 e. The minimum Gasteiger partial charge on any atom is -0.491 e. The monoisotopic (exact) mass is 295 g/mol. The molecule has 0 bridgehead atoms. The summed E-state index contributed by atoms with van der Waals surface area (Å²) in [6.07, 6.45) is 0. The van der Waals surface area contributed by atoms with Gasteiger partial charge in [0.2, 0.25) is 0 Å². The molecule has 0 aliphatic rings.